The molecule has 0 saturated carbocycles. The Morgan fingerprint density at radius 3 is 1.77 bits per heavy atom. The Morgan fingerprint density at radius 2 is 1.46 bits per heavy atom. The van der Waals surface area contributed by atoms with Crippen molar-refractivity contribution in [3.8, 4) is 0 Å². The van der Waals surface area contributed by atoms with Gasteiger partial charge in [0.2, 0.25) is 0 Å². The van der Waals surface area contributed by atoms with Gasteiger partial charge in [0.15, 0.2) is 0 Å². The Hall–Kier alpha value is -1.06. The topological polar surface area (TPSA) is 31.2 Å². The predicted molar refractivity (Wildman–Crippen MR) is 54.2 cm³/mol. The van der Waals surface area contributed by atoms with Gasteiger partial charge in [0.1, 0.15) is 5.66 Å². The molecule has 2 aliphatic rings. The first-order valence-corrected chi connectivity index (χ1v) is 4.74. The van der Waals surface area contributed by atoms with Crippen molar-refractivity contribution in [2.75, 3.05) is 26.2 Å². The van der Waals surface area contributed by atoms with Crippen LogP contribution in [-0.4, -0.2) is 54.3 Å². The van der Waals surface area contributed by atoms with Crippen molar-refractivity contribution >= 4 is 12.7 Å². The molecule has 0 N–H and O–H groups in total. The fourth-order valence-electron chi connectivity index (χ4n) is 1.75. The van der Waals surface area contributed by atoms with E-state index < -0.39 is 0 Å². The van der Waals surface area contributed by atoms with E-state index in [4.69, 9.17) is 0 Å². The van der Waals surface area contributed by atoms with Crippen LogP contribution in [0.1, 0.15) is 13.8 Å². The van der Waals surface area contributed by atoms with E-state index in [2.05, 4.69) is 33.6 Å². The highest BCUT2D eigenvalue weighted by molar-refractivity contribution is 5.62. The zero-order valence-electron chi connectivity index (χ0n) is 8.27. The van der Waals surface area contributed by atoms with Crippen molar-refractivity contribution in [1.82, 2.24) is 9.80 Å². The second-order valence-corrected chi connectivity index (χ2v) is 3.92. The van der Waals surface area contributed by atoms with E-state index in [0.717, 1.165) is 26.2 Å². The summed E-state index contributed by atoms with van der Waals surface area (Å²) in [4.78, 5) is 13.0. The summed E-state index contributed by atoms with van der Waals surface area (Å²) in [6.45, 7) is 8.32. The molecule has 0 aromatic rings. The smallest absolute Gasteiger partial charge is 0.109 e. The molecule has 0 spiro atoms. The average molecular weight is 180 g/mol. The van der Waals surface area contributed by atoms with E-state index in [1.165, 1.54) is 0 Å². The number of hydrogen-bond donors (Lipinski definition) is 0. The SMILES string of the molecule is CC(C)(N1C=NCC1)N1C=NCC1. The van der Waals surface area contributed by atoms with E-state index in [1.54, 1.807) is 0 Å². The fourth-order valence-corrected chi connectivity index (χ4v) is 1.75. The van der Waals surface area contributed by atoms with Crippen molar-refractivity contribution in [1.29, 1.82) is 0 Å². The van der Waals surface area contributed by atoms with Gasteiger partial charge in [-0.2, -0.15) is 0 Å². The van der Waals surface area contributed by atoms with Crippen molar-refractivity contribution in [2.24, 2.45) is 9.98 Å². The third-order valence-corrected chi connectivity index (χ3v) is 2.79. The third-order valence-electron chi connectivity index (χ3n) is 2.79. The van der Waals surface area contributed by atoms with Gasteiger partial charge in [0.05, 0.1) is 25.8 Å². The third kappa shape index (κ3) is 1.41. The molecule has 0 unspecified atom stereocenters. The maximum Gasteiger partial charge on any atom is 0.109 e. The van der Waals surface area contributed by atoms with Gasteiger partial charge < -0.3 is 9.80 Å². The molecule has 2 rings (SSSR count). The maximum atomic E-state index is 4.23. The summed E-state index contributed by atoms with van der Waals surface area (Å²) in [5, 5.41) is 0. The first kappa shape index (κ1) is 8.53. The standard InChI is InChI=1S/C9H16N4/c1-9(2,12-5-3-10-7-12)13-6-4-11-8-13/h7-8H,3-6H2,1-2H3. The molecule has 0 bridgehead atoms. The second-order valence-electron chi connectivity index (χ2n) is 3.92. The highest BCUT2D eigenvalue weighted by atomic mass is 15.4. The van der Waals surface area contributed by atoms with Crippen LogP contribution in [0.25, 0.3) is 0 Å². The molecule has 0 aromatic heterocycles. The molecular formula is C9H16N4. The molecule has 13 heavy (non-hydrogen) atoms. The number of hydrogen-bond acceptors (Lipinski definition) is 4. The number of aliphatic imine (C=N–C) groups is 2. The summed E-state index contributed by atoms with van der Waals surface area (Å²) in [7, 11) is 0. The highest BCUT2D eigenvalue weighted by Gasteiger charge is 2.32. The van der Waals surface area contributed by atoms with E-state index in [1.807, 2.05) is 12.7 Å². The van der Waals surface area contributed by atoms with E-state index in [9.17, 15) is 0 Å². The molecule has 0 aromatic carbocycles. The summed E-state index contributed by atoms with van der Waals surface area (Å²) in [5.74, 6) is 0. The summed E-state index contributed by atoms with van der Waals surface area (Å²) in [5.41, 5.74) is 0.0278. The predicted octanol–water partition coefficient (Wildman–Crippen LogP) is 0.410. The van der Waals surface area contributed by atoms with Crippen LogP contribution in [0.4, 0.5) is 0 Å². The quantitative estimate of drug-likeness (QED) is 0.616. The molecule has 4 nitrogen and oxygen atoms in total. The van der Waals surface area contributed by atoms with Gasteiger partial charge in [-0.3, -0.25) is 9.98 Å². The Bertz CT molecular complexity index is 220. The monoisotopic (exact) mass is 180 g/mol. The zero-order valence-corrected chi connectivity index (χ0v) is 8.27. The van der Waals surface area contributed by atoms with Crippen molar-refractivity contribution < 1.29 is 0 Å². The number of nitrogens with zero attached hydrogens (tertiary/aromatic N) is 4. The molecule has 0 amide bonds. The van der Waals surface area contributed by atoms with E-state index in [0.29, 0.717) is 0 Å². The van der Waals surface area contributed by atoms with Crippen molar-refractivity contribution in [3.05, 3.63) is 0 Å². The maximum absolute atomic E-state index is 4.23. The highest BCUT2D eigenvalue weighted by Crippen LogP contribution is 2.20. The van der Waals surface area contributed by atoms with Crippen LogP contribution in [0, 0.1) is 0 Å². The van der Waals surface area contributed by atoms with Gasteiger partial charge in [-0.05, 0) is 13.8 Å². The van der Waals surface area contributed by atoms with Crippen LogP contribution in [0.15, 0.2) is 9.98 Å². The lowest BCUT2D eigenvalue weighted by atomic mass is 10.2. The van der Waals surface area contributed by atoms with Gasteiger partial charge in [-0.25, -0.2) is 0 Å². The minimum absolute atomic E-state index is 0.0278. The number of rotatable bonds is 2. The molecule has 0 radical (unpaired) electrons. The Kier molecular flexibility index (Phi) is 1.98. The zero-order chi connectivity index (χ0) is 9.31. The van der Waals surface area contributed by atoms with Crippen molar-refractivity contribution in [3.63, 3.8) is 0 Å². The van der Waals surface area contributed by atoms with Crippen LogP contribution in [-0.2, 0) is 0 Å². The molecule has 72 valence electrons. The van der Waals surface area contributed by atoms with Crippen LogP contribution >= 0.6 is 0 Å². The molecule has 2 aliphatic heterocycles. The lowest BCUT2D eigenvalue weighted by Gasteiger charge is -2.41. The first-order valence-electron chi connectivity index (χ1n) is 4.74. The average Bonchev–Trinajstić information content (AvgIpc) is 2.78. The van der Waals surface area contributed by atoms with Gasteiger partial charge in [0.25, 0.3) is 0 Å². The van der Waals surface area contributed by atoms with Crippen LogP contribution in [0.2, 0.25) is 0 Å². The van der Waals surface area contributed by atoms with Gasteiger partial charge in [-0.15, -0.1) is 0 Å². The van der Waals surface area contributed by atoms with Gasteiger partial charge in [0, 0.05) is 13.1 Å². The minimum atomic E-state index is 0.0278. The Morgan fingerprint density at radius 1 is 1.00 bits per heavy atom. The first-order chi connectivity index (χ1) is 6.21. The normalized spacial score (nSPS) is 22.0. The van der Waals surface area contributed by atoms with E-state index in [-0.39, 0.29) is 5.66 Å². The fraction of sp³-hybridized carbons (Fsp3) is 0.778. The summed E-state index contributed by atoms with van der Waals surface area (Å²) < 4.78 is 0. The summed E-state index contributed by atoms with van der Waals surface area (Å²) in [6, 6.07) is 0. The van der Waals surface area contributed by atoms with Crippen LogP contribution in [0.5, 0.6) is 0 Å². The molecule has 4 heteroatoms. The minimum Gasteiger partial charge on any atom is -0.339 e. The van der Waals surface area contributed by atoms with Crippen LogP contribution in [0.3, 0.4) is 0 Å². The van der Waals surface area contributed by atoms with Crippen LogP contribution < -0.4 is 0 Å². The Balaban J connectivity index is 2.09. The molecule has 0 atom stereocenters. The largest absolute Gasteiger partial charge is 0.339 e. The molecule has 0 saturated heterocycles. The molecular weight excluding hydrogens is 164 g/mol. The lowest BCUT2D eigenvalue weighted by molar-refractivity contribution is 0.0936. The molecule has 2 heterocycles. The summed E-state index contributed by atoms with van der Waals surface area (Å²) in [6.07, 6.45) is 3.90. The van der Waals surface area contributed by atoms with E-state index >= 15 is 0 Å². The Labute approximate surface area is 79.0 Å². The molecule has 0 aliphatic carbocycles. The van der Waals surface area contributed by atoms with Gasteiger partial charge >= 0.3 is 0 Å². The van der Waals surface area contributed by atoms with Crippen molar-refractivity contribution in [2.45, 2.75) is 19.5 Å². The molecule has 0 fully saturated rings. The second kappa shape index (κ2) is 3.01. The lowest BCUT2D eigenvalue weighted by Crippen LogP contribution is -2.54. The summed E-state index contributed by atoms with van der Waals surface area (Å²) >= 11 is 0. The van der Waals surface area contributed by atoms with Gasteiger partial charge in [-0.1, -0.05) is 0 Å².